The predicted molar refractivity (Wildman–Crippen MR) is 39.5 cm³/mol. The maximum atomic E-state index is 12.1. The van der Waals surface area contributed by atoms with Gasteiger partial charge >= 0.3 is 6.04 Å². The predicted octanol–water partition coefficient (Wildman–Crippen LogP) is 3.10. The third kappa shape index (κ3) is 1.66. The standard InChI is InChI=1S/C7H5F3OS/c1-3-2-4(6(8)9)5(12-3)7(10)11/h2,6H,1H3. The molecule has 0 aliphatic carbocycles. The lowest BCUT2D eigenvalue weighted by atomic mass is 10.2. The van der Waals surface area contributed by atoms with Gasteiger partial charge in [-0.15, -0.1) is 11.3 Å². The Hall–Kier alpha value is -0.840. The highest BCUT2D eigenvalue weighted by atomic mass is 32.1. The van der Waals surface area contributed by atoms with Crippen LogP contribution in [0, 0.1) is 6.92 Å². The summed E-state index contributed by atoms with van der Waals surface area (Å²) in [7, 11) is 0. The first-order valence-corrected chi connectivity index (χ1v) is 3.92. The topological polar surface area (TPSA) is 17.1 Å². The molecule has 1 rings (SSSR count). The summed E-state index contributed by atoms with van der Waals surface area (Å²) in [5.41, 5.74) is -0.509. The second kappa shape index (κ2) is 3.26. The van der Waals surface area contributed by atoms with Crippen LogP contribution in [0.4, 0.5) is 13.2 Å². The summed E-state index contributed by atoms with van der Waals surface area (Å²) >= 11 is 0.746. The van der Waals surface area contributed by atoms with E-state index in [9.17, 15) is 18.0 Å². The number of rotatable bonds is 2. The second-order valence-corrected chi connectivity index (χ2v) is 3.47. The molecule has 0 fully saturated rings. The number of carbonyl (C=O) groups is 1. The van der Waals surface area contributed by atoms with Crippen LogP contribution in [0.2, 0.25) is 0 Å². The smallest absolute Gasteiger partial charge is 0.254 e. The minimum absolute atomic E-state index is 0.484. The van der Waals surface area contributed by atoms with Crippen LogP contribution in [-0.4, -0.2) is 6.04 Å². The van der Waals surface area contributed by atoms with Crippen molar-refractivity contribution in [3.8, 4) is 0 Å². The van der Waals surface area contributed by atoms with Gasteiger partial charge in [0, 0.05) is 10.4 Å². The first kappa shape index (κ1) is 9.25. The summed E-state index contributed by atoms with van der Waals surface area (Å²) in [5, 5.41) is 0. The summed E-state index contributed by atoms with van der Waals surface area (Å²) in [4.78, 5) is 10.2. The Morgan fingerprint density at radius 2 is 2.17 bits per heavy atom. The molecule has 1 aromatic rings. The van der Waals surface area contributed by atoms with Crippen molar-refractivity contribution in [2.75, 3.05) is 0 Å². The molecule has 0 amide bonds. The van der Waals surface area contributed by atoms with Crippen molar-refractivity contribution in [2.45, 2.75) is 13.3 Å². The highest BCUT2D eigenvalue weighted by Gasteiger charge is 2.20. The molecule has 0 unspecified atom stereocenters. The lowest BCUT2D eigenvalue weighted by Gasteiger charge is -1.94. The van der Waals surface area contributed by atoms with E-state index in [1.807, 2.05) is 0 Å². The van der Waals surface area contributed by atoms with Gasteiger partial charge in [0.1, 0.15) is 4.88 Å². The van der Waals surface area contributed by atoms with Crippen LogP contribution in [0.25, 0.3) is 0 Å². The van der Waals surface area contributed by atoms with Gasteiger partial charge in [-0.1, -0.05) is 0 Å². The van der Waals surface area contributed by atoms with E-state index in [0.29, 0.717) is 4.88 Å². The van der Waals surface area contributed by atoms with Crippen molar-refractivity contribution in [3.63, 3.8) is 0 Å². The number of hydrogen-bond donors (Lipinski definition) is 0. The molecule has 1 aromatic heterocycles. The SMILES string of the molecule is Cc1cc(C(F)F)c(C(=O)F)s1. The normalized spacial score (nSPS) is 10.8. The van der Waals surface area contributed by atoms with Crippen molar-refractivity contribution in [1.82, 2.24) is 0 Å². The van der Waals surface area contributed by atoms with Gasteiger partial charge in [-0.2, -0.15) is 4.39 Å². The zero-order valence-corrected chi connectivity index (χ0v) is 6.92. The van der Waals surface area contributed by atoms with Crippen LogP contribution in [-0.2, 0) is 0 Å². The van der Waals surface area contributed by atoms with Crippen molar-refractivity contribution >= 4 is 17.4 Å². The van der Waals surface area contributed by atoms with Gasteiger partial charge < -0.3 is 0 Å². The summed E-state index contributed by atoms with van der Waals surface area (Å²) in [6.07, 6.45) is -2.79. The van der Waals surface area contributed by atoms with Gasteiger partial charge in [0.2, 0.25) is 0 Å². The number of halogens is 3. The van der Waals surface area contributed by atoms with E-state index in [2.05, 4.69) is 0 Å². The average Bonchev–Trinajstić information content (AvgIpc) is 2.31. The molecule has 0 aliphatic heterocycles. The molecule has 12 heavy (non-hydrogen) atoms. The first-order valence-electron chi connectivity index (χ1n) is 3.10. The Labute approximate surface area is 70.8 Å². The zero-order valence-electron chi connectivity index (χ0n) is 6.11. The first-order chi connectivity index (χ1) is 5.52. The van der Waals surface area contributed by atoms with E-state index >= 15 is 0 Å². The molecule has 0 N–H and O–H groups in total. The van der Waals surface area contributed by atoms with Crippen molar-refractivity contribution in [3.05, 3.63) is 21.4 Å². The summed E-state index contributed by atoms with van der Waals surface area (Å²) in [6, 6.07) is -0.661. The fraction of sp³-hybridized carbons (Fsp3) is 0.286. The number of alkyl halides is 2. The Balaban J connectivity index is 3.17. The van der Waals surface area contributed by atoms with E-state index < -0.39 is 22.9 Å². The minimum Gasteiger partial charge on any atom is -0.254 e. The summed E-state index contributed by atoms with van der Waals surface area (Å²) in [5.74, 6) is 0. The molecule has 0 radical (unpaired) electrons. The zero-order chi connectivity index (χ0) is 9.30. The lowest BCUT2D eigenvalue weighted by Crippen LogP contribution is -1.92. The van der Waals surface area contributed by atoms with E-state index in [4.69, 9.17) is 0 Å². The van der Waals surface area contributed by atoms with Crippen molar-refractivity contribution < 1.29 is 18.0 Å². The van der Waals surface area contributed by atoms with E-state index in [0.717, 1.165) is 17.4 Å². The third-order valence-electron chi connectivity index (χ3n) is 1.30. The van der Waals surface area contributed by atoms with Gasteiger partial charge in [0.15, 0.2) is 0 Å². The van der Waals surface area contributed by atoms with Crippen molar-refractivity contribution in [2.24, 2.45) is 0 Å². The highest BCUT2D eigenvalue weighted by molar-refractivity contribution is 7.14. The van der Waals surface area contributed by atoms with Crippen LogP contribution in [0.1, 0.15) is 26.5 Å². The fourth-order valence-electron chi connectivity index (χ4n) is 0.850. The van der Waals surface area contributed by atoms with Crippen LogP contribution in [0.5, 0.6) is 0 Å². The molecule has 66 valence electrons. The molecule has 0 aromatic carbocycles. The molecule has 0 spiro atoms. The number of carbonyl (C=O) groups excluding carboxylic acids is 1. The molecule has 0 saturated carbocycles. The molecule has 0 aliphatic rings. The molecule has 5 heteroatoms. The van der Waals surface area contributed by atoms with Crippen LogP contribution < -0.4 is 0 Å². The average molecular weight is 194 g/mol. The maximum absolute atomic E-state index is 12.1. The Kier molecular flexibility index (Phi) is 2.52. The maximum Gasteiger partial charge on any atom is 0.342 e. The molecule has 0 atom stereocenters. The Morgan fingerprint density at radius 3 is 2.50 bits per heavy atom. The van der Waals surface area contributed by atoms with Crippen molar-refractivity contribution in [1.29, 1.82) is 0 Å². The third-order valence-corrected chi connectivity index (χ3v) is 2.34. The molecular weight excluding hydrogens is 189 g/mol. The van der Waals surface area contributed by atoms with Crippen LogP contribution in [0.3, 0.4) is 0 Å². The highest BCUT2D eigenvalue weighted by Crippen LogP contribution is 2.30. The second-order valence-electron chi connectivity index (χ2n) is 2.22. The quantitative estimate of drug-likeness (QED) is 0.661. The van der Waals surface area contributed by atoms with Gasteiger partial charge in [-0.25, -0.2) is 8.78 Å². The number of aryl methyl sites for hydroxylation is 1. The number of thiophene rings is 1. The van der Waals surface area contributed by atoms with Crippen LogP contribution >= 0.6 is 11.3 Å². The molecule has 0 saturated heterocycles. The van der Waals surface area contributed by atoms with Crippen LogP contribution in [0.15, 0.2) is 6.07 Å². The Morgan fingerprint density at radius 1 is 1.58 bits per heavy atom. The Bertz CT molecular complexity index is 306. The van der Waals surface area contributed by atoms with Gasteiger partial charge in [0.05, 0.1) is 0 Å². The van der Waals surface area contributed by atoms with Gasteiger partial charge in [-0.3, -0.25) is 4.79 Å². The van der Waals surface area contributed by atoms with E-state index in [-0.39, 0.29) is 0 Å². The van der Waals surface area contributed by atoms with Gasteiger partial charge in [-0.05, 0) is 13.0 Å². The fourth-order valence-corrected chi connectivity index (χ4v) is 1.70. The largest absolute Gasteiger partial charge is 0.342 e. The summed E-state index contributed by atoms with van der Waals surface area (Å²) in [6.45, 7) is 1.54. The molecule has 1 nitrogen and oxygen atoms in total. The monoisotopic (exact) mass is 194 g/mol. The molecule has 1 heterocycles. The number of hydrogen-bond acceptors (Lipinski definition) is 2. The lowest BCUT2D eigenvalue weighted by molar-refractivity contribution is 0.0829. The minimum atomic E-state index is -2.79. The molecular formula is C7H5F3OS. The van der Waals surface area contributed by atoms with E-state index in [1.54, 1.807) is 6.92 Å². The summed E-state index contributed by atoms with van der Waals surface area (Å²) < 4.78 is 36.3. The van der Waals surface area contributed by atoms with Gasteiger partial charge in [0.25, 0.3) is 6.43 Å². The van der Waals surface area contributed by atoms with E-state index in [1.165, 1.54) is 0 Å². The molecule has 0 bridgehead atoms.